The van der Waals surface area contributed by atoms with Crippen LogP contribution in [-0.4, -0.2) is 45.1 Å². The van der Waals surface area contributed by atoms with Crippen molar-refractivity contribution < 1.29 is 17.6 Å². The van der Waals surface area contributed by atoms with Crippen molar-refractivity contribution in [2.75, 3.05) is 30.2 Å². The molecule has 0 saturated heterocycles. The summed E-state index contributed by atoms with van der Waals surface area (Å²) in [7, 11) is -3.53. The largest absolute Gasteiger partial charge is 0.343 e. The van der Waals surface area contributed by atoms with Crippen LogP contribution >= 0.6 is 0 Å². The lowest BCUT2D eigenvalue weighted by molar-refractivity contribution is -0.130. The number of sulfonamides is 1. The molecule has 1 aromatic carbocycles. The zero-order valence-corrected chi connectivity index (χ0v) is 13.4. The zero-order chi connectivity index (χ0) is 16.0. The molecule has 0 N–H and O–H groups in total. The number of halogens is 1. The van der Waals surface area contributed by atoms with Gasteiger partial charge in [-0.25, -0.2) is 12.8 Å². The highest BCUT2D eigenvalue weighted by Crippen LogP contribution is 2.18. The number of hydrogen-bond donors (Lipinski definition) is 0. The number of amides is 1. The number of rotatable bonds is 7. The second-order valence-corrected chi connectivity index (χ2v) is 6.53. The van der Waals surface area contributed by atoms with Gasteiger partial charge in [0.2, 0.25) is 15.9 Å². The molecule has 7 heteroatoms. The van der Waals surface area contributed by atoms with Crippen LogP contribution in [0, 0.1) is 5.82 Å². The number of benzene rings is 1. The minimum absolute atomic E-state index is 0.0415. The molecular formula is C14H21FN2O3S. The highest BCUT2D eigenvalue weighted by Gasteiger charge is 2.20. The predicted molar refractivity (Wildman–Crippen MR) is 81.1 cm³/mol. The molecule has 0 unspecified atom stereocenters. The Kier molecular flexibility index (Phi) is 6.14. The van der Waals surface area contributed by atoms with Crippen molar-refractivity contribution in [3.63, 3.8) is 0 Å². The summed E-state index contributed by atoms with van der Waals surface area (Å²) in [5.41, 5.74) is 0.353. The van der Waals surface area contributed by atoms with Crippen molar-refractivity contribution in [2.24, 2.45) is 0 Å². The zero-order valence-electron chi connectivity index (χ0n) is 12.5. The molecule has 0 aliphatic heterocycles. The summed E-state index contributed by atoms with van der Waals surface area (Å²) in [4.78, 5) is 13.6. The first kappa shape index (κ1) is 17.4. The molecule has 0 spiro atoms. The molecular weight excluding hydrogens is 295 g/mol. The van der Waals surface area contributed by atoms with Crippen LogP contribution in [0.5, 0.6) is 0 Å². The fourth-order valence-electron chi connectivity index (χ4n) is 2.03. The first-order valence-electron chi connectivity index (χ1n) is 6.80. The van der Waals surface area contributed by atoms with Gasteiger partial charge < -0.3 is 4.90 Å². The lowest BCUT2D eigenvalue weighted by atomic mass is 10.3. The van der Waals surface area contributed by atoms with E-state index < -0.39 is 15.8 Å². The van der Waals surface area contributed by atoms with Crippen LogP contribution in [0.4, 0.5) is 10.1 Å². The molecule has 5 nitrogen and oxygen atoms in total. The summed E-state index contributed by atoms with van der Waals surface area (Å²) in [5.74, 6) is -0.540. The van der Waals surface area contributed by atoms with E-state index in [-0.39, 0.29) is 18.9 Å². The molecule has 0 saturated carbocycles. The molecule has 1 rings (SSSR count). The summed E-state index contributed by atoms with van der Waals surface area (Å²) in [6.07, 6.45) is 1.16. The van der Waals surface area contributed by atoms with Gasteiger partial charge in [0.1, 0.15) is 5.82 Å². The fourth-order valence-corrected chi connectivity index (χ4v) is 2.95. The topological polar surface area (TPSA) is 57.7 Å². The molecule has 1 amide bonds. The Morgan fingerprint density at radius 2 is 1.67 bits per heavy atom. The number of anilines is 1. The third kappa shape index (κ3) is 5.00. The van der Waals surface area contributed by atoms with Crippen molar-refractivity contribution in [1.82, 2.24) is 4.90 Å². The quantitative estimate of drug-likeness (QED) is 0.771. The predicted octanol–water partition coefficient (Wildman–Crippen LogP) is 1.85. The Morgan fingerprint density at radius 3 is 2.10 bits per heavy atom. The van der Waals surface area contributed by atoms with E-state index in [2.05, 4.69) is 0 Å². The van der Waals surface area contributed by atoms with E-state index in [1.54, 1.807) is 4.90 Å². The summed E-state index contributed by atoms with van der Waals surface area (Å²) >= 11 is 0. The smallest absolute Gasteiger partial charge is 0.232 e. The van der Waals surface area contributed by atoms with Crippen LogP contribution in [0.25, 0.3) is 0 Å². The van der Waals surface area contributed by atoms with E-state index in [1.807, 2.05) is 13.8 Å². The number of carbonyl (C=O) groups is 1. The van der Waals surface area contributed by atoms with Crippen molar-refractivity contribution >= 4 is 21.6 Å². The normalized spacial score (nSPS) is 11.2. The van der Waals surface area contributed by atoms with Crippen LogP contribution in [0.3, 0.4) is 0 Å². The van der Waals surface area contributed by atoms with E-state index in [9.17, 15) is 17.6 Å². The molecule has 0 heterocycles. The average molecular weight is 316 g/mol. The Morgan fingerprint density at radius 1 is 1.14 bits per heavy atom. The molecule has 0 fully saturated rings. The maximum absolute atomic E-state index is 12.9. The average Bonchev–Trinajstić information content (AvgIpc) is 2.41. The van der Waals surface area contributed by atoms with Gasteiger partial charge in [-0.2, -0.15) is 0 Å². The van der Waals surface area contributed by atoms with Gasteiger partial charge in [0.15, 0.2) is 0 Å². The maximum Gasteiger partial charge on any atom is 0.232 e. The highest BCUT2D eigenvalue weighted by atomic mass is 32.2. The third-order valence-electron chi connectivity index (χ3n) is 3.16. The summed E-state index contributed by atoms with van der Waals surface area (Å²) < 4.78 is 37.7. The van der Waals surface area contributed by atoms with Gasteiger partial charge >= 0.3 is 0 Å². The molecule has 0 aliphatic rings. The molecule has 21 heavy (non-hydrogen) atoms. The van der Waals surface area contributed by atoms with Crippen LogP contribution in [0.2, 0.25) is 0 Å². The first-order chi connectivity index (χ1) is 9.79. The summed E-state index contributed by atoms with van der Waals surface area (Å²) in [5, 5.41) is 0. The van der Waals surface area contributed by atoms with Crippen molar-refractivity contribution in [3.05, 3.63) is 30.1 Å². The fraction of sp³-hybridized carbons (Fsp3) is 0.500. The Labute approximate surface area is 125 Å². The number of hydrogen-bond acceptors (Lipinski definition) is 3. The van der Waals surface area contributed by atoms with Crippen LogP contribution in [-0.2, 0) is 14.8 Å². The van der Waals surface area contributed by atoms with Crippen LogP contribution in [0.15, 0.2) is 24.3 Å². The van der Waals surface area contributed by atoms with E-state index in [0.717, 1.165) is 10.6 Å². The van der Waals surface area contributed by atoms with E-state index in [4.69, 9.17) is 0 Å². The molecule has 118 valence electrons. The molecule has 0 radical (unpaired) electrons. The van der Waals surface area contributed by atoms with Crippen molar-refractivity contribution in [1.29, 1.82) is 0 Å². The lowest BCUT2D eigenvalue weighted by Gasteiger charge is -2.24. The molecule has 0 aliphatic carbocycles. The van der Waals surface area contributed by atoms with E-state index >= 15 is 0 Å². The van der Waals surface area contributed by atoms with Crippen molar-refractivity contribution in [3.8, 4) is 0 Å². The lowest BCUT2D eigenvalue weighted by Crippen LogP contribution is -2.36. The SMILES string of the molecule is CCN(CC)C(=O)CCN(c1ccc(F)cc1)S(C)(=O)=O. The second-order valence-electron chi connectivity index (χ2n) is 4.63. The number of nitrogens with zero attached hydrogens (tertiary/aromatic N) is 2. The molecule has 0 bridgehead atoms. The first-order valence-corrected chi connectivity index (χ1v) is 8.65. The minimum atomic E-state index is -3.53. The van der Waals surface area contributed by atoms with E-state index in [0.29, 0.717) is 18.8 Å². The van der Waals surface area contributed by atoms with Gasteiger partial charge in [-0.3, -0.25) is 9.10 Å². The van der Waals surface area contributed by atoms with Gasteiger partial charge in [0.25, 0.3) is 0 Å². The summed E-state index contributed by atoms with van der Waals surface area (Å²) in [6.45, 7) is 4.96. The second kappa shape index (κ2) is 7.40. The van der Waals surface area contributed by atoms with Gasteiger partial charge in [-0.05, 0) is 38.1 Å². The number of carbonyl (C=O) groups excluding carboxylic acids is 1. The van der Waals surface area contributed by atoms with Gasteiger partial charge in [0.05, 0.1) is 11.9 Å². The standard InChI is InChI=1S/C14H21FN2O3S/c1-4-16(5-2)14(18)10-11-17(21(3,19)20)13-8-6-12(15)7-9-13/h6-9H,4-5,10-11H2,1-3H3. The molecule has 1 aromatic rings. The van der Waals surface area contributed by atoms with Gasteiger partial charge in [-0.15, -0.1) is 0 Å². The Hall–Kier alpha value is -1.63. The Bertz CT molecular complexity index is 568. The monoisotopic (exact) mass is 316 g/mol. The molecule has 0 aromatic heterocycles. The van der Waals surface area contributed by atoms with Crippen LogP contribution < -0.4 is 4.31 Å². The van der Waals surface area contributed by atoms with Crippen LogP contribution in [0.1, 0.15) is 20.3 Å². The third-order valence-corrected chi connectivity index (χ3v) is 4.35. The maximum atomic E-state index is 12.9. The van der Waals surface area contributed by atoms with Crippen molar-refractivity contribution in [2.45, 2.75) is 20.3 Å². The Balaban J connectivity index is 2.86. The highest BCUT2D eigenvalue weighted by molar-refractivity contribution is 7.92. The van der Waals surface area contributed by atoms with Gasteiger partial charge in [-0.1, -0.05) is 0 Å². The molecule has 0 atom stereocenters. The van der Waals surface area contributed by atoms with E-state index in [1.165, 1.54) is 24.3 Å². The summed E-state index contributed by atoms with van der Waals surface area (Å²) in [6, 6.07) is 5.16. The minimum Gasteiger partial charge on any atom is -0.343 e. The van der Waals surface area contributed by atoms with Gasteiger partial charge in [0, 0.05) is 26.1 Å².